The van der Waals surface area contributed by atoms with Gasteiger partial charge in [0.05, 0.1) is 16.9 Å². The minimum absolute atomic E-state index is 0.0335. The van der Waals surface area contributed by atoms with Crippen molar-refractivity contribution in [1.29, 1.82) is 0 Å². The Morgan fingerprint density at radius 2 is 0.978 bits per heavy atom. The van der Waals surface area contributed by atoms with Crippen molar-refractivity contribution in [3.63, 3.8) is 0 Å². The Labute approximate surface area is 548 Å². The molecule has 1 saturated carbocycles. The molecule has 0 amide bonds. The van der Waals surface area contributed by atoms with Crippen LogP contribution in [0.2, 0.25) is 0 Å². The highest BCUT2D eigenvalue weighted by Gasteiger charge is 2.59. The van der Waals surface area contributed by atoms with Crippen LogP contribution >= 0.6 is 11.3 Å². The van der Waals surface area contributed by atoms with Crippen LogP contribution in [0.1, 0.15) is 173 Å². The number of fused-ring (bicyclic) bond motifs is 16. The summed E-state index contributed by atoms with van der Waals surface area (Å²) in [6, 6.07) is 74.2. The number of hydrogen-bond donors (Lipinski definition) is 0. The summed E-state index contributed by atoms with van der Waals surface area (Å²) in [6.07, 6.45) is 6.84. The lowest BCUT2D eigenvalue weighted by Gasteiger charge is -2.51. The van der Waals surface area contributed by atoms with Crippen LogP contribution in [0.3, 0.4) is 0 Å². The number of furan rings is 1. The summed E-state index contributed by atoms with van der Waals surface area (Å²) in [5.74, 6) is 0. The average molecular weight is 1220 g/mol. The van der Waals surface area contributed by atoms with Crippen molar-refractivity contribution >= 4 is 122 Å². The van der Waals surface area contributed by atoms with Gasteiger partial charge >= 0.3 is 0 Å². The van der Waals surface area contributed by atoms with E-state index in [4.69, 9.17) is 4.42 Å². The van der Waals surface area contributed by atoms with Crippen LogP contribution < -0.4 is 31.1 Å². The van der Waals surface area contributed by atoms with Crippen LogP contribution in [-0.4, -0.2) is 12.3 Å². The molecule has 12 aromatic rings. The summed E-state index contributed by atoms with van der Waals surface area (Å²) in [5.41, 5.74) is 28.6. The smallest absolute Gasteiger partial charge is 0.252 e. The Morgan fingerprint density at radius 1 is 0.424 bits per heavy atom. The lowest BCUT2D eigenvalue weighted by atomic mass is 9.32. The molecule has 92 heavy (non-hydrogen) atoms. The first-order valence-corrected chi connectivity index (χ1v) is 34.9. The van der Waals surface area contributed by atoms with E-state index in [1.165, 1.54) is 145 Å². The molecule has 0 saturated heterocycles. The molecule has 6 aliphatic rings. The minimum atomic E-state index is -0.300. The standard InChI is InChI=1S/C86H82BN3OS/c1-80(2,3)53-37-34-51(35-38-53)52-36-39-67-64(44-52)85(12)40-20-21-41-86(85,13)90(67)54-45-72-78-73(46-54)89(69-30-22-26-56-55-24-14-18-31-74(55)91-79(56)69)71-50-63-62(83(8,9)58-27-16-17-28-59(58)84(63,10)11)48-66(71)87(78)65-47-60-61(82(6,7)43-42-81(60,4)5)49-70(65)88(72)68-29-23-33-76-77(68)57-25-15-19-32-75(57)92-76/h14-19,22-39,44-50H,20-21,40-43H2,1-13H3. The molecule has 0 N–H and O–H groups in total. The quantitative estimate of drug-likeness (QED) is 0.164. The van der Waals surface area contributed by atoms with Crippen molar-refractivity contribution in [3.8, 4) is 11.1 Å². The second-order valence-electron chi connectivity index (χ2n) is 32.2. The Bertz CT molecular complexity index is 5180. The van der Waals surface area contributed by atoms with E-state index in [0.717, 1.165) is 53.3 Å². The van der Waals surface area contributed by atoms with Crippen LogP contribution in [-0.2, 0) is 32.5 Å². The van der Waals surface area contributed by atoms with E-state index in [-0.39, 0.29) is 44.7 Å². The van der Waals surface area contributed by atoms with Gasteiger partial charge < -0.3 is 19.1 Å². The topological polar surface area (TPSA) is 22.9 Å². The molecule has 3 aliphatic heterocycles. The molecule has 2 atom stereocenters. The van der Waals surface area contributed by atoms with Crippen LogP contribution in [0.4, 0.5) is 45.5 Å². The summed E-state index contributed by atoms with van der Waals surface area (Å²) in [5, 5.41) is 4.88. The number of hydrogen-bond acceptors (Lipinski definition) is 5. The monoisotopic (exact) mass is 1220 g/mol. The van der Waals surface area contributed by atoms with Gasteiger partial charge in [0.2, 0.25) is 0 Å². The molecule has 0 bridgehead atoms. The molecule has 10 aromatic carbocycles. The highest BCUT2D eigenvalue weighted by atomic mass is 32.1. The predicted octanol–water partition coefficient (Wildman–Crippen LogP) is 22.1. The van der Waals surface area contributed by atoms with E-state index in [1.54, 1.807) is 0 Å². The molecule has 2 unspecified atom stereocenters. The molecule has 0 spiro atoms. The summed E-state index contributed by atoms with van der Waals surface area (Å²) in [6.45, 7) is 32.0. The van der Waals surface area contributed by atoms with Gasteiger partial charge in [0.15, 0.2) is 5.58 Å². The maximum Gasteiger partial charge on any atom is 0.252 e. The maximum absolute atomic E-state index is 7.31. The van der Waals surface area contributed by atoms with Crippen molar-refractivity contribution in [1.82, 2.24) is 0 Å². The van der Waals surface area contributed by atoms with Crippen molar-refractivity contribution in [2.45, 2.75) is 167 Å². The molecule has 18 rings (SSSR count). The fourth-order valence-corrected chi connectivity index (χ4v) is 20.1. The third kappa shape index (κ3) is 7.48. The van der Waals surface area contributed by atoms with E-state index in [1.807, 2.05) is 11.3 Å². The van der Waals surface area contributed by atoms with Gasteiger partial charge in [-0.3, -0.25) is 0 Å². The average Bonchev–Trinajstić information content (AvgIpc) is 0.972. The summed E-state index contributed by atoms with van der Waals surface area (Å²) >= 11 is 1.92. The fourth-order valence-electron chi connectivity index (χ4n) is 19.0. The first-order valence-electron chi connectivity index (χ1n) is 34.1. The van der Waals surface area contributed by atoms with Gasteiger partial charge in [-0.15, -0.1) is 11.3 Å². The van der Waals surface area contributed by atoms with Gasteiger partial charge in [-0.25, -0.2) is 0 Å². The van der Waals surface area contributed by atoms with Crippen LogP contribution in [0.15, 0.2) is 192 Å². The molecular formula is C86H82BN3OS. The second kappa shape index (κ2) is 18.7. The van der Waals surface area contributed by atoms with E-state index < -0.39 is 0 Å². The molecule has 3 aliphatic carbocycles. The van der Waals surface area contributed by atoms with Crippen molar-refractivity contribution < 1.29 is 4.42 Å². The van der Waals surface area contributed by atoms with Gasteiger partial charge in [-0.05, 0) is 188 Å². The molecule has 0 radical (unpaired) electrons. The molecule has 1 fully saturated rings. The number of benzene rings is 10. The van der Waals surface area contributed by atoms with Crippen molar-refractivity contribution in [3.05, 3.63) is 233 Å². The number of para-hydroxylation sites is 2. The van der Waals surface area contributed by atoms with E-state index >= 15 is 0 Å². The Kier molecular flexibility index (Phi) is 11.5. The highest BCUT2D eigenvalue weighted by molar-refractivity contribution is 7.26. The summed E-state index contributed by atoms with van der Waals surface area (Å²) in [7, 11) is 0. The van der Waals surface area contributed by atoms with Crippen molar-refractivity contribution in [2.75, 3.05) is 14.7 Å². The molecular weight excluding hydrogens is 1130 g/mol. The fraction of sp³-hybridized carbons (Fsp3) is 0.302. The molecule has 2 aromatic heterocycles. The number of nitrogens with zero attached hydrogens (tertiary/aromatic N) is 3. The third-order valence-electron chi connectivity index (χ3n) is 24.5. The zero-order chi connectivity index (χ0) is 63.1. The predicted molar refractivity (Wildman–Crippen MR) is 394 cm³/mol. The SMILES string of the molecule is CC(C)(C)c1ccc(-c2ccc3c(c2)C2(C)CCCCC2(C)N3c2cc3c4c(c2)N(c2cccc5sc6ccccc6c25)c2cc5c(cc2B4c2cc4c(cc2N3c2cccc3c2oc2ccccc23)C(C)(C)c2ccccc2C4(C)C)C(C)(C)CCC5(C)C)cc1. The summed E-state index contributed by atoms with van der Waals surface area (Å²) < 4.78 is 9.93. The molecule has 5 heterocycles. The lowest BCUT2D eigenvalue weighted by Crippen LogP contribution is -2.62. The lowest BCUT2D eigenvalue weighted by molar-refractivity contribution is 0.195. The Morgan fingerprint density at radius 3 is 1.68 bits per heavy atom. The Hall–Kier alpha value is -8.32. The first-order chi connectivity index (χ1) is 44.0. The van der Waals surface area contributed by atoms with Crippen molar-refractivity contribution in [2.24, 2.45) is 0 Å². The zero-order valence-corrected chi connectivity index (χ0v) is 56.7. The largest absolute Gasteiger partial charge is 0.454 e. The normalized spacial score (nSPS) is 21.0. The number of anilines is 8. The third-order valence-corrected chi connectivity index (χ3v) is 25.6. The minimum Gasteiger partial charge on any atom is -0.454 e. The molecule has 4 nitrogen and oxygen atoms in total. The van der Waals surface area contributed by atoms with E-state index in [9.17, 15) is 0 Å². The van der Waals surface area contributed by atoms with Crippen LogP contribution in [0.5, 0.6) is 0 Å². The van der Waals surface area contributed by atoms with E-state index in [2.05, 4.69) is 293 Å². The number of thiophene rings is 1. The van der Waals surface area contributed by atoms with Gasteiger partial charge in [-0.2, -0.15) is 0 Å². The van der Waals surface area contributed by atoms with Gasteiger partial charge in [0.1, 0.15) is 5.58 Å². The van der Waals surface area contributed by atoms with Gasteiger partial charge in [0.25, 0.3) is 6.71 Å². The van der Waals surface area contributed by atoms with Gasteiger partial charge in [0, 0.05) is 81.3 Å². The molecule has 456 valence electrons. The Balaban J connectivity index is 1.00. The van der Waals surface area contributed by atoms with E-state index in [0.29, 0.717) is 0 Å². The van der Waals surface area contributed by atoms with Crippen LogP contribution in [0.25, 0.3) is 53.2 Å². The zero-order valence-electron chi connectivity index (χ0n) is 55.9. The maximum atomic E-state index is 7.31. The second-order valence-corrected chi connectivity index (χ2v) is 33.3. The molecule has 6 heteroatoms. The summed E-state index contributed by atoms with van der Waals surface area (Å²) in [4.78, 5) is 8.34. The van der Waals surface area contributed by atoms with Crippen LogP contribution in [0, 0.1) is 0 Å². The highest BCUT2D eigenvalue weighted by Crippen LogP contribution is 2.64. The van der Waals surface area contributed by atoms with Gasteiger partial charge in [-0.1, -0.05) is 217 Å². The number of rotatable bonds is 4. The first kappa shape index (κ1) is 56.4.